The van der Waals surface area contributed by atoms with Crippen molar-refractivity contribution in [2.45, 2.75) is 44.4 Å². The van der Waals surface area contributed by atoms with Gasteiger partial charge in [-0.05, 0) is 47.4 Å². The van der Waals surface area contributed by atoms with Gasteiger partial charge in [0.15, 0.2) is 0 Å². The van der Waals surface area contributed by atoms with Crippen molar-refractivity contribution < 1.29 is 24.2 Å². The summed E-state index contributed by atoms with van der Waals surface area (Å²) in [6.07, 6.45) is 3.72. The smallest absolute Gasteiger partial charge is 0.407 e. The molecule has 35 heavy (non-hydrogen) atoms. The van der Waals surface area contributed by atoms with Crippen LogP contribution in [-0.4, -0.2) is 54.7 Å². The first-order valence-corrected chi connectivity index (χ1v) is 12.5. The number of alkyl carbamates (subject to hydrolysis) is 1. The first-order valence-electron chi connectivity index (χ1n) is 12.5. The highest BCUT2D eigenvalue weighted by atomic mass is 16.5. The molecule has 0 saturated heterocycles. The number of carboxylic acids is 1. The number of amides is 2. The summed E-state index contributed by atoms with van der Waals surface area (Å²) in [5.41, 5.74) is 4.72. The van der Waals surface area contributed by atoms with Crippen molar-refractivity contribution >= 4 is 18.0 Å². The normalized spacial score (nSPS) is 18.9. The zero-order valence-electron chi connectivity index (χ0n) is 20.2. The fraction of sp³-hybridized carbons (Fsp3) is 0.464. The van der Waals surface area contributed by atoms with Crippen molar-refractivity contribution in [3.05, 3.63) is 59.7 Å². The van der Waals surface area contributed by atoms with Gasteiger partial charge in [0, 0.05) is 38.4 Å². The summed E-state index contributed by atoms with van der Waals surface area (Å²) in [5.74, 6) is -0.911. The Morgan fingerprint density at radius 1 is 1.00 bits per heavy atom. The molecule has 7 nitrogen and oxygen atoms in total. The van der Waals surface area contributed by atoms with Gasteiger partial charge >= 0.3 is 12.1 Å². The molecule has 2 aliphatic rings. The van der Waals surface area contributed by atoms with Crippen LogP contribution in [0.25, 0.3) is 11.1 Å². The van der Waals surface area contributed by atoms with Gasteiger partial charge in [0.05, 0.1) is 0 Å². The van der Waals surface area contributed by atoms with Gasteiger partial charge in [-0.25, -0.2) is 4.79 Å². The SMILES string of the molecule is CN(CCCC(=O)O)C(=O)C1CCCCC1CNC(=O)OCC1c2ccccc2-c2ccccc21. The molecule has 0 spiro atoms. The number of hydrogen-bond donors (Lipinski definition) is 2. The first-order chi connectivity index (χ1) is 17.0. The van der Waals surface area contributed by atoms with Crippen LogP contribution in [0.15, 0.2) is 48.5 Å². The average molecular weight is 479 g/mol. The minimum absolute atomic E-state index is 0.0107. The van der Waals surface area contributed by atoms with Gasteiger partial charge in [-0.2, -0.15) is 0 Å². The maximum Gasteiger partial charge on any atom is 0.407 e. The lowest BCUT2D eigenvalue weighted by atomic mass is 9.78. The predicted octanol–water partition coefficient (Wildman–Crippen LogP) is 4.65. The topological polar surface area (TPSA) is 95.9 Å². The molecule has 4 rings (SSSR count). The van der Waals surface area contributed by atoms with Crippen LogP contribution in [0.4, 0.5) is 4.79 Å². The van der Waals surface area contributed by atoms with Crippen LogP contribution in [0, 0.1) is 11.8 Å². The van der Waals surface area contributed by atoms with Crippen LogP contribution in [0.5, 0.6) is 0 Å². The van der Waals surface area contributed by atoms with E-state index >= 15 is 0 Å². The molecule has 2 aromatic rings. The molecule has 2 aliphatic carbocycles. The zero-order chi connectivity index (χ0) is 24.8. The summed E-state index contributed by atoms with van der Waals surface area (Å²) in [4.78, 5) is 38.0. The number of carboxylic acid groups (broad SMARTS) is 1. The molecule has 0 bridgehead atoms. The molecule has 2 N–H and O–H groups in total. The van der Waals surface area contributed by atoms with Gasteiger partial charge in [0.2, 0.25) is 5.91 Å². The molecule has 0 aromatic heterocycles. The van der Waals surface area contributed by atoms with Crippen molar-refractivity contribution in [3.63, 3.8) is 0 Å². The van der Waals surface area contributed by atoms with Crippen LogP contribution >= 0.6 is 0 Å². The van der Waals surface area contributed by atoms with E-state index in [1.54, 1.807) is 11.9 Å². The van der Waals surface area contributed by atoms with Gasteiger partial charge in [-0.3, -0.25) is 9.59 Å². The lowest BCUT2D eigenvalue weighted by Crippen LogP contribution is -2.43. The third kappa shape index (κ3) is 5.84. The molecule has 0 heterocycles. The zero-order valence-corrected chi connectivity index (χ0v) is 20.2. The number of fused-ring (bicyclic) bond motifs is 3. The van der Waals surface area contributed by atoms with Gasteiger partial charge in [-0.1, -0.05) is 61.4 Å². The summed E-state index contributed by atoms with van der Waals surface area (Å²) in [6, 6.07) is 16.5. The van der Waals surface area contributed by atoms with E-state index in [1.807, 2.05) is 24.3 Å². The highest BCUT2D eigenvalue weighted by Crippen LogP contribution is 2.44. The molecule has 2 unspecified atom stereocenters. The molecule has 7 heteroatoms. The second-order valence-corrected chi connectivity index (χ2v) is 9.61. The Kier molecular flexibility index (Phi) is 8.06. The van der Waals surface area contributed by atoms with Crippen LogP contribution in [-0.2, 0) is 14.3 Å². The number of carbonyl (C=O) groups excluding carboxylic acids is 2. The highest BCUT2D eigenvalue weighted by Gasteiger charge is 2.33. The van der Waals surface area contributed by atoms with E-state index in [4.69, 9.17) is 9.84 Å². The number of rotatable bonds is 9. The lowest BCUT2D eigenvalue weighted by Gasteiger charge is -2.33. The summed E-state index contributed by atoms with van der Waals surface area (Å²) in [6.45, 7) is 1.09. The fourth-order valence-corrected chi connectivity index (χ4v) is 5.50. The summed E-state index contributed by atoms with van der Waals surface area (Å²) < 4.78 is 5.65. The van der Waals surface area contributed by atoms with Gasteiger partial charge < -0.3 is 20.1 Å². The fourth-order valence-electron chi connectivity index (χ4n) is 5.50. The number of nitrogens with zero attached hydrogens (tertiary/aromatic N) is 1. The van der Waals surface area contributed by atoms with Crippen LogP contribution in [0.3, 0.4) is 0 Å². The Labute approximate surface area is 206 Å². The van der Waals surface area contributed by atoms with Gasteiger partial charge in [0.1, 0.15) is 6.61 Å². The molecule has 0 radical (unpaired) electrons. The van der Waals surface area contributed by atoms with Crippen molar-refractivity contribution in [1.29, 1.82) is 0 Å². The average Bonchev–Trinajstić information content (AvgIpc) is 3.19. The van der Waals surface area contributed by atoms with Gasteiger partial charge in [0.25, 0.3) is 0 Å². The second kappa shape index (κ2) is 11.4. The van der Waals surface area contributed by atoms with Crippen molar-refractivity contribution in [2.75, 3.05) is 26.7 Å². The summed E-state index contributed by atoms with van der Waals surface area (Å²) in [5, 5.41) is 11.7. The standard InChI is InChI=1S/C28H34N2O5/c1-30(16-8-15-26(31)32)27(33)20-10-3-2-9-19(20)17-29-28(34)35-18-25-23-13-6-4-11-21(23)22-12-5-7-14-24(22)25/h4-7,11-14,19-20,25H,2-3,8-10,15-18H2,1H3,(H,29,34)(H,31,32). The van der Waals surface area contributed by atoms with Crippen LogP contribution < -0.4 is 5.32 Å². The molecule has 2 aromatic carbocycles. The third-order valence-corrected chi connectivity index (χ3v) is 7.34. The highest BCUT2D eigenvalue weighted by molar-refractivity contribution is 5.80. The minimum Gasteiger partial charge on any atom is -0.481 e. The van der Waals surface area contributed by atoms with E-state index in [-0.39, 0.29) is 36.7 Å². The maximum absolute atomic E-state index is 13.0. The maximum atomic E-state index is 13.0. The number of aliphatic carboxylic acids is 1. The molecule has 1 fully saturated rings. The quantitative estimate of drug-likeness (QED) is 0.547. The Balaban J connectivity index is 1.30. The Hall–Kier alpha value is -3.35. The van der Waals surface area contributed by atoms with Gasteiger partial charge in [-0.15, -0.1) is 0 Å². The summed E-state index contributed by atoms with van der Waals surface area (Å²) >= 11 is 0. The van der Waals surface area contributed by atoms with Crippen molar-refractivity contribution in [1.82, 2.24) is 10.2 Å². The van der Waals surface area contributed by atoms with Crippen molar-refractivity contribution in [3.8, 4) is 11.1 Å². The number of nitrogens with one attached hydrogen (secondary N) is 1. The Bertz CT molecular complexity index is 1020. The number of benzene rings is 2. The summed E-state index contributed by atoms with van der Waals surface area (Å²) in [7, 11) is 1.73. The predicted molar refractivity (Wildman–Crippen MR) is 133 cm³/mol. The van der Waals surface area contributed by atoms with Crippen molar-refractivity contribution in [2.24, 2.45) is 11.8 Å². The van der Waals surface area contributed by atoms with E-state index in [9.17, 15) is 14.4 Å². The van der Waals surface area contributed by atoms with E-state index in [1.165, 1.54) is 22.3 Å². The second-order valence-electron chi connectivity index (χ2n) is 9.61. The van der Waals surface area contributed by atoms with E-state index in [0.29, 0.717) is 19.5 Å². The Morgan fingerprint density at radius 2 is 1.63 bits per heavy atom. The lowest BCUT2D eigenvalue weighted by molar-refractivity contribution is -0.139. The largest absolute Gasteiger partial charge is 0.481 e. The van der Waals surface area contributed by atoms with Crippen LogP contribution in [0.1, 0.15) is 55.6 Å². The monoisotopic (exact) mass is 478 g/mol. The number of hydrogen-bond acceptors (Lipinski definition) is 4. The van der Waals surface area contributed by atoms with Crippen LogP contribution in [0.2, 0.25) is 0 Å². The minimum atomic E-state index is -0.853. The molecule has 1 saturated carbocycles. The first kappa shape index (κ1) is 24.8. The number of carbonyl (C=O) groups is 3. The van der Waals surface area contributed by atoms with E-state index in [0.717, 1.165) is 25.7 Å². The number of ether oxygens (including phenoxy) is 1. The molecule has 186 valence electrons. The van der Waals surface area contributed by atoms with E-state index < -0.39 is 12.1 Å². The van der Waals surface area contributed by atoms with E-state index in [2.05, 4.69) is 29.6 Å². The Morgan fingerprint density at radius 3 is 2.29 bits per heavy atom. The molecular formula is C28H34N2O5. The molecular weight excluding hydrogens is 444 g/mol. The third-order valence-electron chi connectivity index (χ3n) is 7.34. The molecule has 2 amide bonds. The molecule has 2 atom stereocenters. The molecule has 0 aliphatic heterocycles.